The lowest BCUT2D eigenvalue weighted by Crippen LogP contribution is -2.58. The first-order valence-electron chi connectivity index (χ1n) is 9.88. The molecule has 0 saturated carbocycles. The summed E-state index contributed by atoms with van der Waals surface area (Å²) in [5.41, 5.74) is 3.18. The Kier molecular flexibility index (Phi) is 5.94. The molecule has 1 fully saturated rings. The number of hydrogen-bond acceptors (Lipinski definition) is 6. The summed E-state index contributed by atoms with van der Waals surface area (Å²) < 4.78 is 0. The fourth-order valence-corrected chi connectivity index (χ4v) is 3.11. The maximum absolute atomic E-state index is 12.9. The Morgan fingerprint density at radius 2 is 1.47 bits per heavy atom. The molecule has 1 aliphatic heterocycles. The zero-order valence-corrected chi connectivity index (χ0v) is 17.2. The van der Waals surface area contributed by atoms with Gasteiger partial charge in [-0.25, -0.2) is 9.69 Å². The number of rotatable bonds is 5. The summed E-state index contributed by atoms with van der Waals surface area (Å²) in [5.74, 6) is -2.58. The van der Waals surface area contributed by atoms with Crippen LogP contribution >= 0.6 is 0 Å². The van der Waals surface area contributed by atoms with Gasteiger partial charge in [0.05, 0.1) is 22.7 Å². The predicted molar refractivity (Wildman–Crippen MR) is 121 cm³/mol. The second kappa shape index (κ2) is 9.13. The highest BCUT2D eigenvalue weighted by atomic mass is 16.2. The molecular formula is C24H19N5O3. The van der Waals surface area contributed by atoms with Crippen molar-refractivity contribution in [2.75, 3.05) is 4.90 Å². The third-order valence-corrected chi connectivity index (χ3v) is 4.72. The van der Waals surface area contributed by atoms with Crippen LogP contribution in [0.3, 0.4) is 0 Å². The van der Waals surface area contributed by atoms with E-state index in [4.69, 9.17) is 0 Å². The zero-order valence-electron chi connectivity index (χ0n) is 17.2. The summed E-state index contributed by atoms with van der Waals surface area (Å²) in [7, 11) is 0. The van der Waals surface area contributed by atoms with Gasteiger partial charge in [0.2, 0.25) is 5.91 Å². The maximum Gasteiger partial charge on any atom is 0.335 e. The van der Waals surface area contributed by atoms with Crippen molar-refractivity contribution >= 4 is 46.8 Å². The van der Waals surface area contributed by atoms with Gasteiger partial charge < -0.3 is 0 Å². The van der Waals surface area contributed by atoms with Crippen molar-refractivity contribution in [1.82, 2.24) is 5.32 Å². The van der Waals surface area contributed by atoms with E-state index < -0.39 is 23.8 Å². The molecule has 4 amide bonds. The Morgan fingerprint density at radius 3 is 2.16 bits per heavy atom. The van der Waals surface area contributed by atoms with Gasteiger partial charge in [-0.2, -0.15) is 10.2 Å². The zero-order chi connectivity index (χ0) is 22.5. The van der Waals surface area contributed by atoms with Crippen LogP contribution in [0.25, 0.3) is 0 Å². The smallest absolute Gasteiger partial charge is 0.276 e. The van der Waals surface area contributed by atoms with Gasteiger partial charge in [-0.15, -0.1) is 0 Å². The monoisotopic (exact) mass is 425 g/mol. The molecular weight excluding hydrogens is 406 g/mol. The van der Waals surface area contributed by atoms with E-state index >= 15 is 0 Å². The number of nitrogens with zero attached hydrogens (tertiary/aromatic N) is 4. The van der Waals surface area contributed by atoms with Crippen LogP contribution in [0.15, 0.2) is 94.1 Å². The van der Waals surface area contributed by atoms with Crippen LogP contribution in [-0.2, 0) is 9.59 Å². The molecule has 3 aromatic carbocycles. The Balaban J connectivity index is 1.49. The fraction of sp³-hybridized carbons (Fsp3) is 0.0833. The van der Waals surface area contributed by atoms with E-state index in [-0.39, 0.29) is 0 Å². The third-order valence-electron chi connectivity index (χ3n) is 4.72. The molecule has 8 nitrogen and oxygen atoms in total. The van der Waals surface area contributed by atoms with Crippen molar-refractivity contribution in [2.24, 2.45) is 21.1 Å². The summed E-state index contributed by atoms with van der Waals surface area (Å²) in [4.78, 5) is 42.6. The molecule has 0 unspecified atom stereocenters. The number of hydrogen-bond donors (Lipinski definition) is 1. The second-order valence-corrected chi connectivity index (χ2v) is 7.11. The lowest BCUT2D eigenvalue weighted by atomic mass is 10.1. The van der Waals surface area contributed by atoms with Gasteiger partial charge in [0.1, 0.15) is 0 Å². The van der Waals surface area contributed by atoms with E-state index in [0.717, 1.165) is 16.2 Å². The van der Waals surface area contributed by atoms with Crippen LogP contribution in [0.1, 0.15) is 5.56 Å². The molecule has 3 aromatic rings. The Bertz CT molecular complexity index is 1220. The van der Waals surface area contributed by atoms with Crippen LogP contribution in [0.4, 0.5) is 27.5 Å². The van der Waals surface area contributed by atoms with Gasteiger partial charge in [0.15, 0.2) is 5.92 Å². The van der Waals surface area contributed by atoms with Crippen LogP contribution < -0.4 is 10.2 Å². The largest absolute Gasteiger partial charge is 0.335 e. The van der Waals surface area contributed by atoms with E-state index in [1.807, 2.05) is 43.3 Å². The van der Waals surface area contributed by atoms with Crippen LogP contribution in [0, 0.1) is 12.8 Å². The number of anilines is 1. The maximum atomic E-state index is 12.9. The molecule has 4 rings (SSSR count). The van der Waals surface area contributed by atoms with Gasteiger partial charge in [-0.05, 0) is 61.0 Å². The highest BCUT2D eigenvalue weighted by Gasteiger charge is 2.40. The van der Waals surface area contributed by atoms with Gasteiger partial charge in [0.25, 0.3) is 5.91 Å². The van der Waals surface area contributed by atoms with E-state index in [0.29, 0.717) is 17.1 Å². The lowest BCUT2D eigenvalue weighted by molar-refractivity contribution is -0.131. The summed E-state index contributed by atoms with van der Waals surface area (Å²) in [5, 5.41) is 10.5. The molecule has 0 aliphatic carbocycles. The highest BCUT2D eigenvalue weighted by molar-refractivity contribution is 6.32. The summed E-state index contributed by atoms with van der Waals surface area (Å²) >= 11 is 0. The van der Waals surface area contributed by atoms with Crippen molar-refractivity contribution in [3.8, 4) is 0 Å². The van der Waals surface area contributed by atoms with Gasteiger partial charge >= 0.3 is 6.03 Å². The minimum atomic E-state index is -1.22. The van der Waals surface area contributed by atoms with E-state index in [1.165, 1.54) is 6.21 Å². The lowest BCUT2D eigenvalue weighted by Gasteiger charge is -2.28. The van der Waals surface area contributed by atoms with E-state index in [9.17, 15) is 14.4 Å². The highest BCUT2D eigenvalue weighted by Crippen LogP contribution is 2.23. The van der Waals surface area contributed by atoms with Crippen molar-refractivity contribution in [1.29, 1.82) is 0 Å². The molecule has 1 saturated heterocycles. The van der Waals surface area contributed by atoms with Gasteiger partial charge in [0, 0.05) is 6.21 Å². The van der Waals surface area contributed by atoms with E-state index in [2.05, 4.69) is 20.5 Å². The number of amides is 4. The van der Waals surface area contributed by atoms with Gasteiger partial charge in [-0.1, -0.05) is 30.3 Å². The number of benzene rings is 3. The SMILES string of the molecule is Cc1cccc(N2C(=O)NC(=O)[C@@H](C=Nc3ccc(N=Nc4ccccc4)cc3)C2=O)c1. The van der Waals surface area contributed by atoms with Gasteiger partial charge in [-0.3, -0.25) is 19.9 Å². The molecule has 8 heteroatoms. The van der Waals surface area contributed by atoms with Crippen LogP contribution in [0.2, 0.25) is 0 Å². The minimum Gasteiger partial charge on any atom is -0.276 e. The number of urea groups is 1. The average molecular weight is 425 g/mol. The van der Waals surface area contributed by atoms with Crippen LogP contribution in [-0.4, -0.2) is 24.1 Å². The molecule has 0 aromatic heterocycles. The molecule has 32 heavy (non-hydrogen) atoms. The summed E-state index contributed by atoms with van der Waals surface area (Å²) in [6.45, 7) is 1.85. The molecule has 1 heterocycles. The quantitative estimate of drug-likeness (QED) is 0.353. The molecule has 0 spiro atoms. The topological polar surface area (TPSA) is 104 Å². The standard InChI is InChI=1S/C24H19N5O3/c1-16-6-5-9-20(14-16)29-23(31)21(22(30)26-24(29)32)15-25-17-10-12-19(13-11-17)28-27-18-7-3-2-4-8-18/h2-15,21H,1H3,(H,26,30,32)/t21-/m1/s1. The second-order valence-electron chi connectivity index (χ2n) is 7.11. The number of imide groups is 2. The number of nitrogens with one attached hydrogen (secondary N) is 1. The average Bonchev–Trinajstić information content (AvgIpc) is 2.79. The summed E-state index contributed by atoms with van der Waals surface area (Å²) in [6, 6.07) is 22.3. The minimum absolute atomic E-state index is 0.395. The van der Waals surface area contributed by atoms with Crippen LogP contribution in [0.5, 0.6) is 0 Å². The third kappa shape index (κ3) is 4.65. The Labute approximate surface area is 184 Å². The number of carbonyl (C=O) groups is 3. The Hall–Kier alpha value is -4.46. The normalized spacial score (nSPS) is 16.7. The molecule has 0 radical (unpaired) electrons. The number of barbiturate groups is 1. The number of aryl methyl sites for hydroxylation is 1. The van der Waals surface area contributed by atoms with Crippen molar-refractivity contribution in [3.63, 3.8) is 0 Å². The van der Waals surface area contributed by atoms with Crippen molar-refractivity contribution in [3.05, 3.63) is 84.4 Å². The molecule has 1 N–H and O–H groups in total. The first kappa shape index (κ1) is 20.8. The van der Waals surface area contributed by atoms with E-state index in [1.54, 1.807) is 42.5 Å². The molecule has 1 aliphatic rings. The predicted octanol–water partition coefficient (Wildman–Crippen LogP) is 5.01. The molecule has 158 valence electrons. The summed E-state index contributed by atoms with van der Waals surface area (Å²) in [6.07, 6.45) is 1.24. The molecule has 0 bridgehead atoms. The number of aliphatic imine (C=N–C) groups is 1. The fourth-order valence-electron chi connectivity index (χ4n) is 3.11. The van der Waals surface area contributed by atoms with Crippen molar-refractivity contribution in [2.45, 2.75) is 6.92 Å². The number of carbonyl (C=O) groups excluding carboxylic acids is 3. The first-order valence-corrected chi connectivity index (χ1v) is 9.88. The Morgan fingerprint density at radius 1 is 0.812 bits per heavy atom. The number of azo groups is 1. The first-order chi connectivity index (χ1) is 15.5. The molecule has 1 atom stereocenters. The van der Waals surface area contributed by atoms with Crippen molar-refractivity contribution < 1.29 is 14.4 Å².